The van der Waals surface area contributed by atoms with Gasteiger partial charge in [-0.1, -0.05) is 121 Å². The van der Waals surface area contributed by atoms with Gasteiger partial charge >= 0.3 is 0 Å². The monoisotopic (exact) mass is 643 g/mol. The zero-order valence-electron chi connectivity index (χ0n) is 26.5. The maximum absolute atomic E-state index is 5.23. The molecule has 0 saturated carbocycles. The Morgan fingerprint density at radius 2 is 0.959 bits per heavy atom. The molecule has 0 aliphatic heterocycles. The Morgan fingerprint density at radius 1 is 0.388 bits per heavy atom. The number of hydrogen-bond donors (Lipinski definition) is 0. The maximum Gasteiger partial charge on any atom is 0.160 e. The van der Waals surface area contributed by atoms with Gasteiger partial charge in [0.05, 0.1) is 17.1 Å². The van der Waals surface area contributed by atoms with Crippen molar-refractivity contribution in [1.29, 1.82) is 0 Å². The van der Waals surface area contributed by atoms with Crippen LogP contribution in [0.3, 0.4) is 0 Å². The lowest BCUT2D eigenvalue weighted by Crippen LogP contribution is -1.98. The average Bonchev–Trinajstić information content (AvgIpc) is 3.58. The van der Waals surface area contributed by atoms with E-state index in [9.17, 15) is 0 Å². The van der Waals surface area contributed by atoms with Crippen molar-refractivity contribution in [3.05, 3.63) is 176 Å². The highest BCUT2D eigenvalue weighted by Crippen LogP contribution is 2.42. The van der Waals surface area contributed by atoms with Gasteiger partial charge in [0.25, 0.3) is 0 Å². The summed E-state index contributed by atoms with van der Waals surface area (Å²) in [7, 11) is 0. The molecule has 0 amide bonds. The van der Waals surface area contributed by atoms with E-state index in [-0.39, 0.29) is 0 Å². The van der Waals surface area contributed by atoms with Gasteiger partial charge in [-0.3, -0.25) is 4.98 Å². The van der Waals surface area contributed by atoms with E-state index in [1.807, 2.05) is 41.8 Å². The fraction of sp³-hybridized carbons (Fsp3) is 0. The summed E-state index contributed by atoms with van der Waals surface area (Å²) in [5.41, 5.74) is 11.2. The van der Waals surface area contributed by atoms with Crippen molar-refractivity contribution >= 4 is 31.5 Å². The van der Waals surface area contributed by atoms with Crippen molar-refractivity contribution in [3.63, 3.8) is 0 Å². The summed E-state index contributed by atoms with van der Waals surface area (Å²) in [5, 5.41) is 2.47. The summed E-state index contributed by atoms with van der Waals surface area (Å²) in [6.07, 6.45) is 1.88. The van der Waals surface area contributed by atoms with Gasteiger partial charge in [0.1, 0.15) is 0 Å². The Labute approximate surface area is 288 Å². The molecule has 9 rings (SSSR count). The van der Waals surface area contributed by atoms with Crippen LogP contribution in [0, 0.1) is 0 Å². The van der Waals surface area contributed by atoms with Crippen LogP contribution in [0.4, 0.5) is 0 Å². The van der Waals surface area contributed by atoms with Gasteiger partial charge in [-0.15, -0.1) is 11.3 Å². The predicted molar refractivity (Wildman–Crippen MR) is 205 cm³/mol. The van der Waals surface area contributed by atoms with Crippen LogP contribution in [0.2, 0.25) is 0 Å². The highest BCUT2D eigenvalue weighted by molar-refractivity contribution is 7.25. The number of thiophene rings is 1. The molecule has 3 heterocycles. The van der Waals surface area contributed by atoms with E-state index in [0.29, 0.717) is 5.82 Å². The third-order valence-electron chi connectivity index (χ3n) is 8.94. The van der Waals surface area contributed by atoms with Crippen LogP contribution in [0.25, 0.3) is 87.6 Å². The molecule has 0 fully saturated rings. The Kier molecular flexibility index (Phi) is 7.34. The van der Waals surface area contributed by atoms with Gasteiger partial charge in [0, 0.05) is 48.6 Å². The number of fused-ring (bicyclic) bond motifs is 3. The van der Waals surface area contributed by atoms with Crippen molar-refractivity contribution in [2.24, 2.45) is 0 Å². The molecule has 0 N–H and O–H groups in total. The van der Waals surface area contributed by atoms with E-state index in [1.165, 1.54) is 20.2 Å². The molecule has 0 aliphatic rings. The Morgan fingerprint density at radius 3 is 1.67 bits per heavy atom. The summed E-state index contributed by atoms with van der Waals surface area (Å²) in [6, 6.07) is 59.4. The second-order valence-corrected chi connectivity index (χ2v) is 13.1. The van der Waals surface area contributed by atoms with Crippen molar-refractivity contribution in [2.75, 3.05) is 0 Å². The summed E-state index contributed by atoms with van der Waals surface area (Å²) in [4.78, 5) is 15.5. The quantitative estimate of drug-likeness (QED) is 0.181. The van der Waals surface area contributed by atoms with Crippen molar-refractivity contribution in [2.45, 2.75) is 0 Å². The number of rotatable bonds is 6. The van der Waals surface area contributed by atoms with Gasteiger partial charge in [0.15, 0.2) is 5.82 Å². The van der Waals surface area contributed by atoms with E-state index < -0.39 is 0 Å². The smallest absolute Gasteiger partial charge is 0.160 e. The maximum atomic E-state index is 5.23. The van der Waals surface area contributed by atoms with Crippen LogP contribution in [0.1, 0.15) is 0 Å². The molecule has 0 atom stereocenters. The Hall–Kier alpha value is -6.23. The van der Waals surface area contributed by atoms with Gasteiger partial charge in [-0.05, 0) is 70.8 Å². The minimum absolute atomic E-state index is 0.675. The second-order valence-electron chi connectivity index (χ2n) is 12.0. The summed E-state index contributed by atoms with van der Waals surface area (Å²) in [5.74, 6) is 0.675. The second kappa shape index (κ2) is 12.4. The largest absolute Gasteiger partial charge is 0.256 e. The van der Waals surface area contributed by atoms with Crippen LogP contribution in [-0.2, 0) is 0 Å². The zero-order chi connectivity index (χ0) is 32.6. The number of pyridine rings is 1. The molecule has 49 heavy (non-hydrogen) atoms. The molecule has 6 aromatic carbocycles. The standard InChI is InChI=1S/C45H29N3S/c1-4-14-30(15-5-1)33-26-34(31-16-6-2-7-17-31)28-35(27-33)39-29-40(48-45(47-39)32-18-8-3-9-19-32)36-22-13-25-46-44(36)38-21-12-24-42-43(38)37-20-10-11-23-41(37)49-42/h1-29H. The predicted octanol–water partition coefficient (Wildman–Crippen LogP) is 12.2. The third kappa shape index (κ3) is 5.48. The van der Waals surface area contributed by atoms with Gasteiger partial charge in [-0.2, -0.15) is 0 Å². The first-order chi connectivity index (χ1) is 24.3. The normalized spacial score (nSPS) is 11.3. The number of hydrogen-bond acceptors (Lipinski definition) is 4. The van der Waals surface area contributed by atoms with E-state index in [1.54, 1.807) is 0 Å². The van der Waals surface area contributed by atoms with Crippen molar-refractivity contribution in [3.8, 4) is 67.4 Å². The molecular weight excluding hydrogens is 615 g/mol. The highest BCUT2D eigenvalue weighted by Gasteiger charge is 2.19. The third-order valence-corrected chi connectivity index (χ3v) is 10.1. The van der Waals surface area contributed by atoms with E-state index >= 15 is 0 Å². The SMILES string of the molecule is c1ccc(-c2cc(-c3ccccc3)cc(-c3cc(-c4cccnc4-c4cccc5sc6ccccc6c45)nc(-c4ccccc4)n3)c2)cc1. The lowest BCUT2D eigenvalue weighted by molar-refractivity contribution is 1.18. The lowest BCUT2D eigenvalue weighted by atomic mass is 9.94. The Bertz CT molecular complexity index is 2540. The lowest BCUT2D eigenvalue weighted by Gasteiger charge is -2.15. The molecule has 9 aromatic rings. The highest BCUT2D eigenvalue weighted by atomic mass is 32.1. The van der Waals surface area contributed by atoms with Crippen molar-refractivity contribution < 1.29 is 0 Å². The number of nitrogens with zero attached hydrogens (tertiary/aromatic N) is 3. The molecule has 0 spiro atoms. The van der Waals surface area contributed by atoms with Crippen LogP contribution >= 0.6 is 11.3 Å². The van der Waals surface area contributed by atoms with Gasteiger partial charge < -0.3 is 0 Å². The summed E-state index contributed by atoms with van der Waals surface area (Å²) in [6.45, 7) is 0. The van der Waals surface area contributed by atoms with Crippen LogP contribution in [0.15, 0.2) is 176 Å². The van der Waals surface area contributed by atoms with E-state index in [4.69, 9.17) is 15.0 Å². The summed E-state index contributed by atoms with van der Waals surface area (Å²) >= 11 is 1.82. The van der Waals surface area contributed by atoms with Crippen LogP contribution < -0.4 is 0 Å². The molecule has 3 nitrogen and oxygen atoms in total. The molecule has 4 heteroatoms. The van der Waals surface area contributed by atoms with Crippen LogP contribution in [-0.4, -0.2) is 15.0 Å². The molecule has 0 bridgehead atoms. The molecule has 0 radical (unpaired) electrons. The number of benzene rings is 6. The van der Waals surface area contributed by atoms with Crippen LogP contribution in [0.5, 0.6) is 0 Å². The first-order valence-corrected chi connectivity index (χ1v) is 17.2. The topological polar surface area (TPSA) is 38.7 Å². The van der Waals surface area contributed by atoms with E-state index in [0.717, 1.165) is 61.6 Å². The van der Waals surface area contributed by atoms with Crippen molar-refractivity contribution in [1.82, 2.24) is 15.0 Å². The minimum Gasteiger partial charge on any atom is -0.256 e. The van der Waals surface area contributed by atoms with E-state index in [2.05, 4.69) is 146 Å². The fourth-order valence-corrected chi connectivity index (χ4v) is 7.75. The molecule has 230 valence electrons. The van der Waals surface area contributed by atoms with Gasteiger partial charge in [-0.25, -0.2) is 9.97 Å². The molecule has 3 aromatic heterocycles. The van der Waals surface area contributed by atoms with Gasteiger partial charge in [0.2, 0.25) is 0 Å². The first-order valence-electron chi connectivity index (χ1n) is 16.4. The fourth-order valence-electron chi connectivity index (χ4n) is 6.62. The molecule has 0 aliphatic carbocycles. The molecular formula is C45H29N3S. The zero-order valence-corrected chi connectivity index (χ0v) is 27.3. The Balaban J connectivity index is 1.29. The average molecular weight is 644 g/mol. The minimum atomic E-state index is 0.675. The summed E-state index contributed by atoms with van der Waals surface area (Å²) < 4.78 is 2.51. The molecule has 0 saturated heterocycles. The number of aromatic nitrogens is 3. The molecule has 0 unspecified atom stereocenters. The first kappa shape index (κ1) is 29.0.